The molecule has 2 heterocycles. The Morgan fingerprint density at radius 3 is 2.81 bits per heavy atom. The molecule has 26 heavy (non-hydrogen) atoms. The molecule has 0 aliphatic heterocycles. The number of imidazole rings is 1. The number of nitrogens with zero attached hydrogens (tertiary/aromatic N) is 4. The van der Waals surface area contributed by atoms with Gasteiger partial charge < -0.3 is 19.5 Å². The minimum Gasteiger partial charge on any atom is -0.393 e. The maximum absolute atomic E-state index is 10.3. The van der Waals surface area contributed by atoms with E-state index in [4.69, 9.17) is 4.52 Å². The molecule has 0 unspecified atom stereocenters. The molecule has 136 valence electrons. The third-order valence-electron chi connectivity index (χ3n) is 5.02. The van der Waals surface area contributed by atoms with Gasteiger partial charge in [-0.25, -0.2) is 4.98 Å². The van der Waals surface area contributed by atoms with E-state index >= 15 is 0 Å². The molecule has 2 N–H and O–H groups in total. The summed E-state index contributed by atoms with van der Waals surface area (Å²) in [4.78, 5) is 8.37. The summed E-state index contributed by atoms with van der Waals surface area (Å²) in [5.74, 6) is 1.67. The molecule has 1 saturated carbocycles. The highest BCUT2D eigenvalue weighted by Crippen LogP contribution is 2.37. The summed E-state index contributed by atoms with van der Waals surface area (Å²) >= 11 is 0. The van der Waals surface area contributed by atoms with Gasteiger partial charge in [-0.1, -0.05) is 17.3 Å². The van der Waals surface area contributed by atoms with Gasteiger partial charge in [-0.15, -0.1) is 0 Å². The lowest BCUT2D eigenvalue weighted by Gasteiger charge is -2.15. The van der Waals surface area contributed by atoms with E-state index in [0.717, 1.165) is 25.2 Å². The van der Waals surface area contributed by atoms with E-state index in [1.165, 1.54) is 5.56 Å². The van der Waals surface area contributed by atoms with Crippen molar-refractivity contribution >= 4 is 0 Å². The molecule has 3 atom stereocenters. The van der Waals surface area contributed by atoms with Gasteiger partial charge in [-0.3, -0.25) is 0 Å². The van der Waals surface area contributed by atoms with E-state index in [0.29, 0.717) is 18.1 Å². The molecule has 4 rings (SSSR count). The van der Waals surface area contributed by atoms with E-state index in [1.807, 2.05) is 17.7 Å². The van der Waals surface area contributed by atoms with Crippen molar-refractivity contribution in [1.29, 1.82) is 0 Å². The van der Waals surface area contributed by atoms with E-state index in [2.05, 4.69) is 44.7 Å². The minimum absolute atomic E-state index is 0.160. The van der Waals surface area contributed by atoms with Gasteiger partial charge in [0.2, 0.25) is 5.89 Å². The molecule has 1 fully saturated rings. The average molecular weight is 353 g/mol. The summed E-state index contributed by atoms with van der Waals surface area (Å²) in [6, 6.07) is 8.38. The number of hydrogen-bond acceptors (Lipinski definition) is 6. The zero-order chi connectivity index (χ0) is 17.9. The Morgan fingerprint density at radius 2 is 2.12 bits per heavy atom. The standard InChI is InChI=1S/C19H23N5O2/c1-13-22-19(26-23-13)15-8-16(18(25)9-15)11-21-10-14-2-4-17(5-3-14)24-7-6-20-12-24/h2-7,12,15-16,18,21,25H,8-11H2,1H3/t15-,16+,18+/m0/s1. The van der Waals surface area contributed by atoms with Gasteiger partial charge in [-0.05, 0) is 43.4 Å². The number of hydrogen-bond donors (Lipinski definition) is 2. The highest BCUT2D eigenvalue weighted by atomic mass is 16.5. The summed E-state index contributed by atoms with van der Waals surface area (Å²) in [5, 5.41) is 17.6. The van der Waals surface area contributed by atoms with Gasteiger partial charge in [0.05, 0.1) is 12.4 Å². The highest BCUT2D eigenvalue weighted by Gasteiger charge is 2.36. The summed E-state index contributed by atoms with van der Waals surface area (Å²) in [6.45, 7) is 3.36. The number of benzene rings is 1. The summed E-state index contributed by atoms with van der Waals surface area (Å²) in [5.41, 5.74) is 2.31. The van der Waals surface area contributed by atoms with Crippen molar-refractivity contribution < 1.29 is 9.63 Å². The third-order valence-corrected chi connectivity index (χ3v) is 5.02. The van der Waals surface area contributed by atoms with Gasteiger partial charge in [0.25, 0.3) is 0 Å². The Bertz CT molecular complexity index is 828. The molecular formula is C19H23N5O2. The lowest BCUT2D eigenvalue weighted by Crippen LogP contribution is -2.27. The molecule has 3 aromatic rings. The Hall–Kier alpha value is -2.51. The molecule has 1 aliphatic rings. The van der Waals surface area contributed by atoms with Crippen LogP contribution in [0.15, 0.2) is 47.5 Å². The maximum Gasteiger partial charge on any atom is 0.229 e. The highest BCUT2D eigenvalue weighted by molar-refractivity contribution is 5.34. The predicted octanol–water partition coefficient (Wildman–Crippen LogP) is 2.21. The van der Waals surface area contributed by atoms with Gasteiger partial charge >= 0.3 is 0 Å². The molecule has 0 saturated heterocycles. The van der Waals surface area contributed by atoms with Crippen molar-refractivity contribution in [2.45, 2.75) is 38.3 Å². The second-order valence-corrected chi connectivity index (χ2v) is 6.94. The molecule has 0 spiro atoms. The van der Waals surface area contributed by atoms with E-state index in [-0.39, 0.29) is 17.9 Å². The zero-order valence-corrected chi connectivity index (χ0v) is 14.7. The first-order valence-corrected chi connectivity index (χ1v) is 8.95. The lowest BCUT2D eigenvalue weighted by atomic mass is 10.0. The number of aryl methyl sites for hydroxylation is 1. The fourth-order valence-electron chi connectivity index (χ4n) is 3.60. The second kappa shape index (κ2) is 7.39. The largest absolute Gasteiger partial charge is 0.393 e. The quantitative estimate of drug-likeness (QED) is 0.706. The first kappa shape index (κ1) is 16.9. The van der Waals surface area contributed by atoms with Crippen LogP contribution in [0.2, 0.25) is 0 Å². The van der Waals surface area contributed by atoms with Crippen molar-refractivity contribution in [3.8, 4) is 5.69 Å². The van der Waals surface area contributed by atoms with Crippen LogP contribution in [-0.4, -0.2) is 37.4 Å². The predicted molar refractivity (Wildman–Crippen MR) is 95.8 cm³/mol. The van der Waals surface area contributed by atoms with Gasteiger partial charge in [0, 0.05) is 37.1 Å². The second-order valence-electron chi connectivity index (χ2n) is 6.94. The number of aromatic nitrogens is 4. The molecular weight excluding hydrogens is 330 g/mol. The maximum atomic E-state index is 10.3. The minimum atomic E-state index is -0.330. The van der Waals surface area contributed by atoms with Gasteiger partial charge in [0.15, 0.2) is 5.82 Å². The molecule has 0 amide bonds. The summed E-state index contributed by atoms with van der Waals surface area (Å²) < 4.78 is 7.24. The third kappa shape index (κ3) is 3.68. The van der Waals surface area contributed by atoms with Gasteiger partial charge in [0.1, 0.15) is 0 Å². The number of nitrogens with one attached hydrogen (secondary N) is 1. The Morgan fingerprint density at radius 1 is 1.27 bits per heavy atom. The van der Waals surface area contributed by atoms with Crippen molar-refractivity contribution in [2.75, 3.05) is 6.54 Å². The smallest absolute Gasteiger partial charge is 0.229 e. The summed E-state index contributed by atoms with van der Waals surface area (Å²) in [7, 11) is 0. The van der Waals surface area contributed by atoms with Crippen LogP contribution < -0.4 is 5.32 Å². The number of aliphatic hydroxyl groups is 1. The fraction of sp³-hybridized carbons (Fsp3) is 0.421. The van der Waals surface area contributed by atoms with E-state index in [9.17, 15) is 5.11 Å². The van der Waals surface area contributed by atoms with Crippen LogP contribution in [0.5, 0.6) is 0 Å². The number of rotatable bonds is 6. The lowest BCUT2D eigenvalue weighted by molar-refractivity contribution is 0.130. The molecule has 2 aromatic heterocycles. The Kier molecular flexibility index (Phi) is 4.81. The van der Waals surface area contributed by atoms with Crippen molar-refractivity contribution in [3.63, 3.8) is 0 Å². The normalized spacial score (nSPS) is 22.8. The van der Waals surface area contributed by atoms with E-state index in [1.54, 1.807) is 12.5 Å². The van der Waals surface area contributed by atoms with Crippen molar-refractivity contribution in [1.82, 2.24) is 25.0 Å². The topological polar surface area (TPSA) is 89.0 Å². The molecule has 0 bridgehead atoms. The van der Waals surface area contributed by atoms with Crippen LogP contribution in [0, 0.1) is 12.8 Å². The van der Waals surface area contributed by atoms with Crippen LogP contribution in [0.3, 0.4) is 0 Å². The first-order valence-electron chi connectivity index (χ1n) is 8.95. The SMILES string of the molecule is Cc1noc([C@H]2C[C@H](CNCc3ccc(-n4ccnc4)cc3)[C@H](O)C2)n1. The van der Waals surface area contributed by atoms with Crippen LogP contribution >= 0.6 is 0 Å². The summed E-state index contributed by atoms with van der Waals surface area (Å²) in [6.07, 6.45) is 6.71. The average Bonchev–Trinajstić information content (AvgIpc) is 3.38. The molecule has 7 nitrogen and oxygen atoms in total. The monoisotopic (exact) mass is 353 g/mol. The molecule has 0 radical (unpaired) electrons. The number of aliphatic hydroxyl groups excluding tert-OH is 1. The van der Waals surface area contributed by atoms with Crippen LogP contribution in [-0.2, 0) is 6.54 Å². The van der Waals surface area contributed by atoms with Gasteiger partial charge in [-0.2, -0.15) is 4.98 Å². The zero-order valence-electron chi connectivity index (χ0n) is 14.7. The van der Waals surface area contributed by atoms with Crippen LogP contribution in [0.4, 0.5) is 0 Å². The Labute approximate surface area is 152 Å². The van der Waals surface area contributed by atoms with E-state index < -0.39 is 0 Å². The van der Waals surface area contributed by atoms with Crippen LogP contribution in [0.1, 0.15) is 36.0 Å². The fourth-order valence-corrected chi connectivity index (χ4v) is 3.60. The molecule has 1 aliphatic carbocycles. The molecule has 1 aromatic carbocycles. The van der Waals surface area contributed by atoms with Crippen molar-refractivity contribution in [3.05, 3.63) is 60.3 Å². The Balaban J connectivity index is 1.28. The van der Waals surface area contributed by atoms with Crippen molar-refractivity contribution in [2.24, 2.45) is 5.92 Å². The molecule has 7 heteroatoms. The first-order chi connectivity index (χ1) is 12.7. The van der Waals surface area contributed by atoms with Crippen LogP contribution in [0.25, 0.3) is 5.69 Å².